The largest absolute Gasteiger partial charge is 0.493 e. The standard InChI is InChI=1S/C19H27NO5S/c1-5-24-19(22)15-12-26-9-8-20(15)18(21)14-6-7-16(17(10-14)23-4)25-11-13(2)3/h6-7,10,13,15H,5,8-9,11-12H2,1-4H3/t15-/m1/s1. The predicted molar refractivity (Wildman–Crippen MR) is 102 cm³/mol. The van der Waals surface area contributed by atoms with Gasteiger partial charge in [-0.3, -0.25) is 4.79 Å². The number of benzene rings is 1. The number of methoxy groups -OCH3 is 1. The monoisotopic (exact) mass is 381 g/mol. The average Bonchev–Trinajstić information content (AvgIpc) is 2.65. The summed E-state index contributed by atoms with van der Waals surface area (Å²) in [5.41, 5.74) is 0.472. The zero-order chi connectivity index (χ0) is 19.1. The molecule has 0 spiro atoms. The Hall–Kier alpha value is -1.89. The highest BCUT2D eigenvalue weighted by molar-refractivity contribution is 7.99. The second-order valence-corrected chi connectivity index (χ2v) is 7.56. The SMILES string of the molecule is CCOC(=O)[C@H]1CSCCN1C(=O)c1ccc(OCC(C)C)c(OC)c1. The van der Waals surface area contributed by atoms with Crippen LogP contribution in [0.4, 0.5) is 0 Å². The number of thioether (sulfide) groups is 1. The Morgan fingerprint density at radius 3 is 2.73 bits per heavy atom. The molecule has 0 saturated carbocycles. The molecule has 0 unspecified atom stereocenters. The van der Waals surface area contributed by atoms with Gasteiger partial charge in [0.05, 0.1) is 20.3 Å². The summed E-state index contributed by atoms with van der Waals surface area (Å²) in [6, 6.07) is 4.57. The van der Waals surface area contributed by atoms with Crippen LogP contribution >= 0.6 is 11.8 Å². The second-order valence-electron chi connectivity index (χ2n) is 6.41. The first-order chi connectivity index (χ1) is 12.5. The summed E-state index contributed by atoms with van der Waals surface area (Å²) in [6.07, 6.45) is 0. The van der Waals surface area contributed by atoms with Gasteiger partial charge < -0.3 is 19.1 Å². The van der Waals surface area contributed by atoms with Crippen LogP contribution in [0.2, 0.25) is 0 Å². The maximum absolute atomic E-state index is 13.0. The number of hydrogen-bond donors (Lipinski definition) is 0. The molecule has 6 nitrogen and oxygen atoms in total. The van der Waals surface area contributed by atoms with E-state index in [1.54, 1.807) is 48.9 Å². The molecule has 1 atom stereocenters. The summed E-state index contributed by atoms with van der Waals surface area (Å²) in [4.78, 5) is 26.8. The van der Waals surface area contributed by atoms with Crippen molar-refractivity contribution in [1.29, 1.82) is 0 Å². The van der Waals surface area contributed by atoms with Crippen molar-refractivity contribution in [3.8, 4) is 11.5 Å². The van der Waals surface area contributed by atoms with E-state index >= 15 is 0 Å². The van der Waals surface area contributed by atoms with Gasteiger partial charge in [-0.05, 0) is 31.0 Å². The van der Waals surface area contributed by atoms with Crippen molar-refractivity contribution in [2.75, 3.05) is 38.4 Å². The van der Waals surface area contributed by atoms with Crippen molar-refractivity contribution in [2.24, 2.45) is 5.92 Å². The van der Waals surface area contributed by atoms with Crippen LogP contribution in [-0.4, -0.2) is 61.2 Å². The normalized spacial score (nSPS) is 17.1. The Bertz CT molecular complexity index is 634. The molecule has 1 aromatic rings. The zero-order valence-electron chi connectivity index (χ0n) is 15.8. The molecule has 1 aromatic carbocycles. The van der Waals surface area contributed by atoms with Crippen LogP contribution in [0.5, 0.6) is 11.5 Å². The van der Waals surface area contributed by atoms with Crippen molar-refractivity contribution in [2.45, 2.75) is 26.8 Å². The molecule has 0 N–H and O–H groups in total. The van der Waals surface area contributed by atoms with Gasteiger partial charge in [-0.15, -0.1) is 0 Å². The lowest BCUT2D eigenvalue weighted by Gasteiger charge is -2.33. The van der Waals surface area contributed by atoms with Gasteiger partial charge in [0.2, 0.25) is 0 Å². The third kappa shape index (κ3) is 5.06. The van der Waals surface area contributed by atoms with Gasteiger partial charge in [0, 0.05) is 23.6 Å². The molecule has 2 rings (SSSR count). The minimum absolute atomic E-state index is 0.197. The Morgan fingerprint density at radius 2 is 2.08 bits per heavy atom. The molecule has 0 radical (unpaired) electrons. The topological polar surface area (TPSA) is 65.1 Å². The smallest absolute Gasteiger partial charge is 0.329 e. The lowest BCUT2D eigenvalue weighted by molar-refractivity contribution is -0.147. The van der Waals surface area contributed by atoms with Crippen molar-refractivity contribution in [3.05, 3.63) is 23.8 Å². The first-order valence-electron chi connectivity index (χ1n) is 8.84. The van der Waals surface area contributed by atoms with E-state index in [1.807, 2.05) is 0 Å². The number of esters is 1. The van der Waals surface area contributed by atoms with E-state index in [-0.39, 0.29) is 11.9 Å². The van der Waals surface area contributed by atoms with Gasteiger partial charge >= 0.3 is 5.97 Å². The summed E-state index contributed by atoms with van der Waals surface area (Å²) in [5, 5.41) is 0. The van der Waals surface area contributed by atoms with E-state index in [1.165, 1.54) is 0 Å². The fourth-order valence-corrected chi connectivity index (χ4v) is 3.65. The molecule has 1 amide bonds. The quantitative estimate of drug-likeness (QED) is 0.677. The molecule has 0 aliphatic carbocycles. The van der Waals surface area contributed by atoms with Crippen LogP contribution in [0.1, 0.15) is 31.1 Å². The van der Waals surface area contributed by atoms with Crippen LogP contribution < -0.4 is 9.47 Å². The molecule has 1 aliphatic heterocycles. The van der Waals surface area contributed by atoms with Crippen molar-refractivity contribution in [1.82, 2.24) is 4.90 Å². The number of carbonyl (C=O) groups excluding carboxylic acids is 2. The van der Waals surface area contributed by atoms with Crippen LogP contribution in [0, 0.1) is 5.92 Å². The van der Waals surface area contributed by atoms with E-state index in [9.17, 15) is 9.59 Å². The van der Waals surface area contributed by atoms with Crippen molar-refractivity contribution >= 4 is 23.6 Å². The van der Waals surface area contributed by atoms with E-state index in [4.69, 9.17) is 14.2 Å². The summed E-state index contributed by atoms with van der Waals surface area (Å²) in [5.74, 6) is 2.31. The number of hydrogen-bond acceptors (Lipinski definition) is 6. The lowest BCUT2D eigenvalue weighted by atomic mass is 10.1. The molecule has 1 saturated heterocycles. The lowest BCUT2D eigenvalue weighted by Crippen LogP contribution is -2.51. The number of carbonyl (C=O) groups is 2. The zero-order valence-corrected chi connectivity index (χ0v) is 16.6. The Labute approximate surface area is 159 Å². The Balaban J connectivity index is 2.20. The van der Waals surface area contributed by atoms with Crippen LogP contribution in [0.15, 0.2) is 18.2 Å². The molecule has 1 heterocycles. The maximum atomic E-state index is 13.0. The van der Waals surface area contributed by atoms with Gasteiger partial charge in [0.25, 0.3) is 5.91 Å². The molecule has 7 heteroatoms. The van der Waals surface area contributed by atoms with Gasteiger partial charge in [0.15, 0.2) is 11.5 Å². The molecule has 0 bridgehead atoms. The minimum atomic E-state index is -0.552. The van der Waals surface area contributed by atoms with E-state index in [0.29, 0.717) is 48.5 Å². The summed E-state index contributed by atoms with van der Waals surface area (Å²) < 4.78 is 16.2. The summed E-state index contributed by atoms with van der Waals surface area (Å²) in [7, 11) is 1.55. The highest BCUT2D eigenvalue weighted by Gasteiger charge is 2.34. The number of rotatable bonds is 7. The molecule has 26 heavy (non-hydrogen) atoms. The Kier molecular flexibility index (Phi) is 7.63. The van der Waals surface area contributed by atoms with Gasteiger partial charge in [-0.25, -0.2) is 4.79 Å². The first kappa shape index (κ1) is 20.4. The molecular weight excluding hydrogens is 354 g/mol. The Morgan fingerprint density at radius 1 is 1.31 bits per heavy atom. The fourth-order valence-electron chi connectivity index (χ4n) is 2.62. The van der Waals surface area contributed by atoms with Crippen molar-refractivity contribution < 1.29 is 23.8 Å². The van der Waals surface area contributed by atoms with Gasteiger partial charge in [0.1, 0.15) is 6.04 Å². The fraction of sp³-hybridized carbons (Fsp3) is 0.579. The predicted octanol–water partition coefficient (Wildman–Crippen LogP) is 2.85. The molecule has 1 fully saturated rings. The number of amides is 1. The highest BCUT2D eigenvalue weighted by atomic mass is 32.2. The summed E-state index contributed by atoms with van der Waals surface area (Å²) in [6.45, 7) is 7.28. The second kappa shape index (κ2) is 9.71. The molecule has 0 aromatic heterocycles. The first-order valence-corrected chi connectivity index (χ1v) is 9.99. The summed E-state index contributed by atoms with van der Waals surface area (Å²) >= 11 is 1.65. The molecule has 1 aliphatic rings. The number of ether oxygens (including phenoxy) is 3. The van der Waals surface area contributed by atoms with E-state index < -0.39 is 6.04 Å². The third-order valence-electron chi connectivity index (χ3n) is 3.93. The minimum Gasteiger partial charge on any atom is -0.493 e. The average molecular weight is 381 g/mol. The van der Waals surface area contributed by atoms with Crippen molar-refractivity contribution in [3.63, 3.8) is 0 Å². The number of nitrogens with zero attached hydrogens (tertiary/aromatic N) is 1. The maximum Gasteiger partial charge on any atom is 0.329 e. The molecular formula is C19H27NO5S. The molecule has 144 valence electrons. The highest BCUT2D eigenvalue weighted by Crippen LogP contribution is 2.30. The van der Waals surface area contributed by atoms with E-state index in [2.05, 4.69) is 13.8 Å². The van der Waals surface area contributed by atoms with E-state index in [0.717, 1.165) is 5.75 Å². The van der Waals surface area contributed by atoms with Crippen LogP contribution in [0.3, 0.4) is 0 Å². The van der Waals surface area contributed by atoms with Gasteiger partial charge in [-0.1, -0.05) is 13.8 Å². The van der Waals surface area contributed by atoms with Crippen LogP contribution in [0.25, 0.3) is 0 Å². The third-order valence-corrected chi connectivity index (χ3v) is 4.95. The van der Waals surface area contributed by atoms with Gasteiger partial charge in [-0.2, -0.15) is 11.8 Å². The van der Waals surface area contributed by atoms with Crippen LogP contribution in [-0.2, 0) is 9.53 Å².